The number of hydrogen-bond acceptors (Lipinski definition) is 8. The van der Waals surface area contributed by atoms with Gasteiger partial charge in [0, 0.05) is 24.7 Å². The van der Waals surface area contributed by atoms with Crippen LogP contribution in [0.2, 0.25) is 0 Å². The Labute approximate surface area is 178 Å². The minimum atomic E-state index is -3.66. The van der Waals surface area contributed by atoms with Gasteiger partial charge in [-0.05, 0) is 30.2 Å². The van der Waals surface area contributed by atoms with E-state index in [2.05, 4.69) is 15.3 Å². The fourth-order valence-electron chi connectivity index (χ4n) is 2.40. The summed E-state index contributed by atoms with van der Waals surface area (Å²) < 4.78 is 36.4. The lowest BCUT2D eigenvalue weighted by molar-refractivity contribution is 0.0697. The van der Waals surface area contributed by atoms with Gasteiger partial charge in [-0.25, -0.2) is 22.6 Å². The fraction of sp³-hybridized carbons (Fsp3) is 0.150. The number of aliphatic hydroxyl groups excluding tert-OH is 1. The van der Waals surface area contributed by atoms with E-state index in [0.29, 0.717) is 0 Å². The van der Waals surface area contributed by atoms with Crippen molar-refractivity contribution in [2.24, 2.45) is 0 Å². The average molecular weight is 448 g/mol. The highest BCUT2D eigenvalue weighted by Crippen LogP contribution is 2.21. The number of nitrogens with one attached hydrogen (secondary N) is 1. The van der Waals surface area contributed by atoms with Gasteiger partial charge in [0.05, 0.1) is 0 Å². The van der Waals surface area contributed by atoms with Gasteiger partial charge in [0.15, 0.2) is 9.84 Å². The van der Waals surface area contributed by atoms with Gasteiger partial charge in [-0.15, -0.1) is 0 Å². The van der Waals surface area contributed by atoms with Gasteiger partial charge >= 0.3 is 5.97 Å². The number of halogens is 1. The van der Waals surface area contributed by atoms with Crippen LogP contribution < -0.4 is 11.1 Å². The molecule has 0 aliphatic carbocycles. The second-order valence-corrected chi connectivity index (χ2v) is 8.28. The molecular formula is C20H21FN4O5S. The summed E-state index contributed by atoms with van der Waals surface area (Å²) in [6, 6.07) is 13.3. The first kappa shape index (κ1) is 23.7. The topological polar surface area (TPSA) is 155 Å². The lowest BCUT2D eigenvalue weighted by Gasteiger charge is -2.08. The zero-order chi connectivity index (χ0) is 23.0. The van der Waals surface area contributed by atoms with E-state index in [0.717, 1.165) is 31.0 Å². The molecule has 31 heavy (non-hydrogen) atoms. The third-order valence-corrected chi connectivity index (χ3v) is 5.01. The highest BCUT2D eigenvalue weighted by Gasteiger charge is 2.15. The predicted octanol–water partition coefficient (Wildman–Crippen LogP) is 2.26. The van der Waals surface area contributed by atoms with Gasteiger partial charge in [0.1, 0.15) is 22.1 Å². The number of nitrogens with zero attached hydrogens (tertiary/aromatic N) is 2. The van der Waals surface area contributed by atoms with Gasteiger partial charge in [-0.2, -0.15) is 4.98 Å². The number of benzene rings is 2. The van der Waals surface area contributed by atoms with Crippen molar-refractivity contribution in [3.05, 3.63) is 71.7 Å². The number of carboxylic acid groups (broad SMARTS) is 1. The number of hydrogen-bond donors (Lipinski definition) is 4. The molecule has 11 heteroatoms. The fourth-order valence-corrected chi connectivity index (χ4v) is 3.13. The molecule has 0 spiro atoms. The summed E-state index contributed by atoms with van der Waals surface area (Å²) in [6.45, 7) is 0.240. The van der Waals surface area contributed by atoms with E-state index in [9.17, 15) is 17.6 Å². The van der Waals surface area contributed by atoms with Crippen LogP contribution in [0.1, 0.15) is 15.9 Å². The highest BCUT2D eigenvalue weighted by molar-refractivity contribution is 7.90. The maximum atomic E-state index is 13.7. The number of anilines is 3. The zero-order valence-electron chi connectivity index (χ0n) is 16.5. The number of rotatable bonds is 6. The molecule has 2 aromatic carbocycles. The van der Waals surface area contributed by atoms with Crippen molar-refractivity contribution in [2.45, 2.75) is 11.3 Å². The van der Waals surface area contributed by atoms with E-state index in [1.807, 2.05) is 30.3 Å². The van der Waals surface area contributed by atoms with E-state index in [4.69, 9.17) is 15.9 Å². The molecule has 0 amide bonds. The minimum Gasteiger partial charge on any atom is -0.477 e. The van der Waals surface area contributed by atoms with Crippen molar-refractivity contribution in [1.29, 1.82) is 0 Å². The van der Waals surface area contributed by atoms with Gasteiger partial charge in [-0.1, -0.05) is 30.3 Å². The maximum Gasteiger partial charge on any atom is 0.341 e. The first-order chi connectivity index (χ1) is 14.6. The number of aromatic carboxylic acids is 1. The summed E-state index contributed by atoms with van der Waals surface area (Å²) in [6.07, 6.45) is 2.67. The minimum absolute atomic E-state index is 0.0472. The van der Waals surface area contributed by atoms with Crippen LogP contribution in [-0.2, 0) is 16.3 Å². The quantitative estimate of drug-likeness (QED) is 0.444. The summed E-state index contributed by atoms with van der Waals surface area (Å²) >= 11 is 0. The molecule has 1 heterocycles. The molecular weight excluding hydrogens is 427 g/mol. The summed E-state index contributed by atoms with van der Waals surface area (Å²) in [5.41, 5.74) is 6.58. The van der Waals surface area contributed by atoms with Gasteiger partial charge in [0.2, 0.25) is 5.95 Å². The third kappa shape index (κ3) is 7.01. The molecule has 0 saturated heterocycles. The van der Waals surface area contributed by atoms with E-state index in [-0.39, 0.29) is 29.6 Å². The molecule has 0 aliphatic heterocycles. The standard InChI is InChI=1S/C12H11FN4O4S.C8H10O/c1-22(20,21)9-3-2-6(4-8(9)13)16-12-15-5-7(11(18)19)10(14)17-12;9-7-6-8-4-2-1-3-5-8/h2-5H,1H3,(H,18,19)(H3,14,15,16,17);1-5,9H,6-7H2. The molecule has 0 unspecified atom stereocenters. The SMILES string of the molecule is CS(=O)(=O)c1ccc(Nc2ncc(C(=O)O)c(N)n2)cc1F.OCCc1ccccc1. The van der Waals surface area contributed by atoms with Crippen molar-refractivity contribution >= 4 is 33.3 Å². The first-order valence-corrected chi connectivity index (χ1v) is 10.8. The molecule has 0 saturated carbocycles. The number of nitrogen functional groups attached to an aromatic ring is 1. The van der Waals surface area contributed by atoms with Crippen LogP contribution >= 0.6 is 0 Å². The Morgan fingerprint density at radius 3 is 2.39 bits per heavy atom. The van der Waals surface area contributed by atoms with Crippen LogP contribution in [0.5, 0.6) is 0 Å². The highest BCUT2D eigenvalue weighted by atomic mass is 32.2. The summed E-state index contributed by atoms with van der Waals surface area (Å²) in [5, 5.41) is 19.9. The van der Waals surface area contributed by atoms with Crippen LogP contribution in [0, 0.1) is 5.82 Å². The largest absolute Gasteiger partial charge is 0.477 e. The molecule has 9 nitrogen and oxygen atoms in total. The first-order valence-electron chi connectivity index (χ1n) is 8.89. The Kier molecular flexibility index (Phi) is 8.00. The van der Waals surface area contributed by atoms with Crippen molar-refractivity contribution in [2.75, 3.05) is 23.9 Å². The van der Waals surface area contributed by atoms with Gasteiger partial charge in [0.25, 0.3) is 0 Å². The Balaban J connectivity index is 0.000000316. The number of aliphatic hydroxyl groups is 1. The molecule has 0 fully saturated rings. The normalized spacial score (nSPS) is 10.7. The number of nitrogens with two attached hydrogens (primary N) is 1. The number of sulfone groups is 1. The molecule has 1 aromatic heterocycles. The van der Waals surface area contributed by atoms with E-state index in [1.165, 1.54) is 11.6 Å². The average Bonchev–Trinajstić information content (AvgIpc) is 2.68. The Hall–Kier alpha value is -3.57. The van der Waals surface area contributed by atoms with Crippen molar-refractivity contribution in [3.8, 4) is 0 Å². The monoisotopic (exact) mass is 448 g/mol. The summed E-state index contributed by atoms with van der Waals surface area (Å²) in [7, 11) is -3.66. The van der Waals surface area contributed by atoms with Crippen molar-refractivity contribution in [1.82, 2.24) is 9.97 Å². The molecule has 164 valence electrons. The summed E-state index contributed by atoms with van der Waals surface area (Å²) in [5.74, 6) is -2.50. The zero-order valence-corrected chi connectivity index (χ0v) is 17.3. The molecule has 0 aliphatic rings. The molecule has 0 atom stereocenters. The Bertz CT molecular complexity index is 1160. The van der Waals surface area contributed by atoms with Crippen LogP contribution in [0.3, 0.4) is 0 Å². The van der Waals surface area contributed by atoms with Crippen molar-refractivity contribution in [3.63, 3.8) is 0 Å². The van der Waals surface area contributed by atoms with Crippen LogP contribution in [0.25, 0.3) is 0 Å². The molecule has 0 bridgehead atoms. The Morgan fingerprint density at radius 1 is 1.19 bits per heavy atom. The molecule has 3 rings (SSSR count). The van der Waals surface area contributed by atoms with Gasteiger partial charge in [-0.3, -0.25) is 0 Å². The molecule has 3 aromatic rings. The Morgan fingerprint density at radius 2 is 1.87 bits per heavy atom. The molecule has 0 radical (unpaired) electrons. The van der Waals surface area contributed by atoms with E-state index < -0.39 is 26.5 Å². The maximum absolute atomic E-state index is 13.7. The van der Waals surface area contributed by atoms with Crippen molar-refractivity contribution < 1.29 is 27.8 Å². The number of carbonyl (C=O) groups is 1. The lowest BCUT2D eigenvalue weighted by Crippen LogP contribution is -2.08. The van der Waals surface area contributed by atoms with Crippen LogP contribution in [0.15, 0.2) is 59.6 Å². The number of carboxylic acids is 1. The molecule has 5 N–H and O–H groups in total. The van der Waals surface area contributed by atoms with Gasteiger partial charge < -0.3 is 21.3 Å². The second kappa shape index (κ2) is 10.5. The third-order valence-electron chi connectivity index (χ3n) is 3.88. The lowest BCUT2D eigenvalue weighted by atomic mass is 10.2. The van der Waals surface area contributed by atoms with Crippen LogP contribution in [-0.4, -0.2) is 47.4 Å². The number of aromatic nitrogens is 2. The van der Waals surface area contributed by atoms with Crippen LogP contribution in [0.4, 0.5) is 21.8 Å². The predicted molar refractivity (Wildman–Crippen MR) is 113 cm³/mol. The van der Waals surface area contributed by atoms with E-state index >= 15 is 0 Å². The smallest absolute Gasteiger partial charge is 0.341 e. The second-order valence-electron chi connectivity index (χ2n) is 6.30. The van der Waals surface area contributed by atoms with E-state index in [1.54, 1.807) is 0 Å². The summed E-state index contributed by atoms with van der Waals surface area (Å²) in [4.78, 5) is 17.8.